The number of benzene rings is 1. The molecular weight excluding hydrogens is 328 g/mol. The van der Waals surface area contributed by atoms with Crippen molar-refractivity contribution in [2.24, 2.45) is 0 Å². The molecule has 0 bridgehead atoms. The maximum atomic E-state index is 11.5. The number of esters is 1. The highest BCUT2D eigenvalue weighted by molar-refractivity contribution is 9.10. The fourth-order valence-electron chi connectivity index (χ4n) is 1.51. The molecule has 1 aromatic heterocycles. The molecule has 6 nitrogen and oxygen atoms in total. The molecule has 20 heavy (non-hydrogen) atoms. The zero-order valence-corrected chi connectivity index (χ0v) is 12.6. The van der Waals surface area contributed by atoms with Crippen LogP contribution in [-0.2, 0) is 4.74 Å². The molecule has 0 amide bonds. The van der Waals surface area contributed by atoms with E-state index in [0.29, 0.717) is 11.4 Å². The van der Waals surface area contributed by atoms with Crippen molar-refractivity contribution in [1.82, 2.24) is 4.98 Å². The van der Waals surface area contributed by atoms with Crippen LogP contribution in [0.3, 0.4) is 0 Å². The number of aromatic nitrogens is 1. The third kappa shape index (κ3) is 3.51. The minimum Gasteiger partial charge on any atom is -0.497 e. The Labute approximate surface area is 124 Å². The van der Waals surface area contributed by atoms with Gasteiger partial charge in [0.15, 0.2) is 5.69 Å². The Morgan fingerprint density at radius 1 is 1.45 bits per heavy atom. The molecule has 0 aliphatic heterocycles. The number of rotatable bonds is 5. The number of halogens is 1. The number of methoxy groups -OCH3 is 1. The molecule has 0 aliphatic carbocycles. The highest BCUT2D eigenvalue weighted by Crippen LogP contribution is 2.26. The van der Waals surface area contributed by atoms with Gasteiger partial charge in [-0.1, -0.05) is 15.9 Å². The molecule has 0 spiro atoms. The lowest BCUT2D eigenvalue weighted by atomic mass is 10.3. The lowest BCUT2D eigenvalue weighted by molar-refractivity contribution is 0.0519. The van der Waals surface area contributed by atoms with Crippen LogP contribution in [0.5, 0.6) is 5.75 Å². The van der Waals surface area contributed by atoms with Gasteiger partial charge in [0.25, 0.3) is 6.01 Å². The van der Waals surface area contributed by atoms with Crippen molar-refractivity contribution >= 4 is 33.6 Å². The summed E-state index contributed by atoms with van der Waals surface area (Å²) >= 11 is 3.37. The van der Waals surface area contributed by atoms with Crippen LogP contribution in [0, 0.1) is 0 Å². The minimum atomic E-state index is -0.517. The summed E-state index contributed by atoms with van der Waals surface area (Å²) in [4.78, 5) is 15.5. The average molecular weight is 341 g/mol. The molecule has 0 unspecified atom stereocenters. The first kappa shape index (κ1) is 14.4. The predicted octanol–water partition coefficient (Wildman–Crippen LogP) is 3.37. The maximum Gasteiger partial charge on any atom is 0.360 e. The molecule has 2 rings (SSSR count). The summed E-state index contributed by atoms with van der Waals surface area (Å²) in [5.74, 6) is 0.162. The van der Waals surface area contributed by atoms with Gasteiger partial charge in [-0.05, 0) is 19.1 Å². The van der Waals surface area contributed by atoms with Crippen LogP contribution in [0.4, 0.5) is 11.7 Å². The Bertz CT molecular complexity index is 612. The van der Waals surface area contributed by atoms with Crippen molar-refractivity contribution in [1.29, 1.82) is 0 Å². The molecule has 0 saturated heterocycles. The van der Waals surface area contributed by atoms with Crippen molar-refractivity contribution in [2.75, 3.05) is 19.0 Å². The number of oxazole rings is 1. The van der Waals surface area contributed by atoms with Gasteiger partial charge in [0.2, 0.25) is 0 Å². The van der Waals surface area contributed by atoms with Gasteiger partial charge in [0, 0.05) is 16.2 Å². The van der Waals surface area contributed by atoms with Crippen LogP contribution < -0.4 is 10.1 Å². The summed E-state index contributed by atoms with van der Waals surface area (Å²) in [7, 11) is 1.58. The van der Waals surface area contributed by atoms with Gasteiger partial charge in [-0.3, -0.25) is 0 Å². The van der Waals surface area contributed by atoms with E-state index in [4.69, 9.17) is 13.9 Å². The molecular formula is C13H13BrN2O4. The van der Waals surface area contributed by atoms with Gasteiger partial charge >= 0.3 is 5.97 Å². The van der Waals surface area contributed by atoms with Crippen molar-refractivity contribution in [3.63, 3.8) is 0 Å². The van der Waals surface area contributed by atoms with E-state index in [1.54, 1.807) is 20.1 Å². The number of hydrogen-bond donors (Lipinski definition) is 1. The van der Waals surface area contributed by atoms with Crippen LogP contribution in [0.2, 0.25) is 0 Å². The number of anilines is 2. The van der Waals surface area contributed by atoms with Crippen LogP contribution in [0.15, 0.2) is 33.4 Å². The second-order valence-electron chi connectivity index (χ2n) is 3.76. The van der Waals surface area contributed by atoms with Crippen molar-refractivity contribution in [2.45, 2.75) is 6.92 Å². The quantitative estimate of drug-likeness (QED) is 0.841. The second kappa shape index (κ2) is 6.42. The molecule has 0 radical (unpaired) electrons. The molecule has 0 fully saturated rings. The molecule has 2 aromatic rings. The van der Waals surface area contributed by atoms with Gasteiger partial charge in [0.1, 0.15) is 12.0 Å². The summed E-state index contributed by atoms with van der Waals surface area (Å²) < 4.78 is 16.0. The number of ether oxygens (including phenoxy) is 2. The minimum absolute atomic E-state index is 0.122. The van der Waals surface area contributed by atoms with E-state index in [1.807, 2.05) is 12.1 Å². The summed E-state index contributed by atoms with van der Waals surface area (Å²) in [6, 6.07) is 5.63. The Hall–Kier alpha value is -2.02. The van der Waals surface area contributed by atoms with Crippen molar-refractivity contribution in [3.8, 4) is 5.75 Å². The monoisotopic (exact) mass is 340 g/mol. The maximum absolute atomic E-state index is 11.5. The topological polar surface area (TPSA) is 73.6 Å². The molecule has 0 saturated carbocycles. The number of carbonyl (C=O) groups is 1. The Morgan fingerprint density at radius 2 is 2.25 bits per heavy atom. The summed E-state index contributed by atoms with van der Waals surface area (Å²) in [5, 5.41) is 2.94. The van der Waals surface area contributed by atoms with Gasteiger partial charge in [-0.25, -0.2) is 4.79 Å². The lowest BCUT2D eigenvalue weighted by Crippen LogP contribution is -2.05. The van der Waals surface area contributed by atoms with E-state index in [1.165, 1.54) is 6.26 Å². The van der Waals surface area contributed by atoms with E-state index in [0.717, 1.165) is 4.47 Å². The number of carbonyl (C=O) groups excluding carboxylic acids is 1. The highest BCUT2D eigenvalue weighted by atomic mass is 79.9. The zero-order chi connectivity index (χ0) is 14.5. The van der Waals surface area contributed by atoms with E-state index < -0.39 is 5.97 Å². The van der Waals surface area contributed by atoms with Crippen molar-refractivity contribution in [3.05, 3.63) is 34.6 Å². The van der Waals surface area contributed by atoms with E-state index in [2.05, 4.69) is 26.2 Å². The van der Waals surface area contributed by atoms with Crippen LogP contribution >= 0.6 is 15.9 Å². The fraction of sp³-hybridized carbons (Fsp3) is 0.231. The molecule has 0 atom stereocenters. The summed E-state index contributed by atoms with van der Waals surface area (Å²) in [6.45, 7) is 2.02. The first-order valence-corrected chi connectivity index (χ1v) is 6.66. The number of nitrogens with zero attached hydrogens (tertiary/aromatic N) is 1. The van der Waals surface area contributed by atoms with E-state index in [-0.39, 0.29) is 18.3 Å². The Morgan fingerprint density at radius 3 is 2.95 bits per heavy atom. The summed E-state index contributed by atoms with van der Waals surface area (Å²) in [5.41, 5.74) is 0.838. The standard InChI is InChI=1S/C13H13BrN2O4/c1-3-19-12(17)11-7-20-13(16-11)15-9-4-8(14)5-10(6-9)18-2/h4-7H,3H2,1-2H3,(H,15,16). The molecule has 7 heteroatoms. The molecule has 1 N–H and O–H groups in total. The zero-order valence-electron chi connectivity index (χ0n) is 11.0. The molecule has 1 aromatic carbocycles. The SMILES string of the molecule is CCOC(=O)c1coc(Nc2cc(Br)cc(OC)c2)n1. The van der Waals surface area contributed by atoms with Gasteiger partial charge in [0.05, 0.1) is 13.7 Å². The van der Waals surface area contributed by atoms with Crippen LogP contribution in [0.25, 0.3) is 0 Å². The van der Waals surface area contributed by atoms with Gasteiger partial charge in [-0.2, -0.15) is 4.98 Å². The Kier molecular flexibility index (Phi) is 4.62. The van der Waals surface area contributed by atoms with Gasteiger partial charge < -0.3 is 19.2 Å². The molecule has 1 heterocycles. The average Bonchev–Trinajstić information content (AvgIpc) is 2.87. The molecule has 0 aliphatic rings. The first-order valence-electron chi connectivity index (χ1n) is 5.86. The van der Waals surface area contributed by atoms with Crippen LogP contribution in [-0.4, -0.2) is 24.7 Å². The Balaban J connectivity index is 2.14. The third-order valence-electron chi connectivity index (χ3n) is 2.35. The predicted molar refractivity (Wildman–Crippen MR) is 76.4 cm³/mol. The smallest absolute Gasteiger partial charge is 0.360 e. The van der Waals surface area contributed by atoms with E-state index >= 15 is 0 Å². The van der Waals surface area contributed by atoms with Crippen LogP contribution in [0.1, 0.15) is 17.4 Å². The highest BCUT2D eigenvalue weighted by Gasteiger charge is 2.13. The fourth-order valence-corrected chi connectivity index (χ4v) is 1.98. The van der Waals surface area contributed by atoms with E-state index in [9.17, 15) is 4.79 Å². The first-order chi connectivity index (χ1) is 9.62. The number of hydrogen-bond acceptors (Lipinski definition) is 6. The third-order valence-corrected chi connectivity index (χ3v) is 2.80. The number of nitrogens with one attached hydrogen (secondary N) is 1. The molecule has 106 valence electrons. The van der Waals surface area contributed by atoms with Crippen molar-refractivity contribution < 1.29 is 18.7 Å². The second-order valence-corrected chi connectivity index (χ2v) is 4.68. The largest absolute Gasteiger partial charge is 0.497 e. The lowest BCUT2D eigenvalue weighted by Gasteiger charge is -2.05. The normalized spacial score (nSPS) is 10.2. The van der Waals surface area contributed by atoms with Gasteiger partial charge in [-0.15, -0.1) is 0 Å². The summed E-state index contributed by atoms with van der Waals surface area (Å²) in [6.07, 6.45) is 1.25.